The van der Waals surface area contributed by atoms with E-state index in [2.05, 4.69) is 46.7 Å². The molecule has 2 aromatic carbocycles. The third-order valence-corrected chi connectivity index (χ3v) is 6.91. The van der Waals surface area contributed by atoms with Crippen molar-refractivity contribution < 1.29 is 9.53 Å². The molecule has 1 saturated carbocycles. The number of thiophene rings is 1. The molecule has 2 heterocycles. The minimum Gasteiger partial charge on any atom is -0.441 e. The van der Waals surface area contributed by atoms with E-state index in [1.54, 1.807) is 23.3 Å². The van der Waals surface area contributed by atoms with Crippen LogP contribution in [0.4, 0.5) is 10.5 Å². The van der Waals surface area contributed by atoms with Gasteiger partial charge in [-0.05, 0) is 29.5 Å². The molecule has 0 spiro atoms. The average molecular weight is 405 g/mol. The van der Waals surface area contributed by atoms with E-state index < -0.39 is 0 Å². The third kappa shape index (κ3) is 3.56. The number of rotatable bonds is 5. The lowest BCUT2D eigenvalue weighted by molar-refractivity contribution is 0.0789. The summed E-state index contributed by atoms with van der Waals surface area (Å²) in [4.78, 5) is 18.2. The Bertz CT molecular complexity index is 1000. The fraction of sp³-hybridized carbons (Fsp3) is 0.292. The predicted molar refractivity (Wildman–Crippen MR) is 117 cm³/mol. The zero-order valence-electron chi connectivity index (χ0n) is 16.5. The zero-order chi connectivity index (χ0) is 19.8. The number of hydrogen-bond donors (Lipinski definition) is 0. The standard InChI is InChI=1S/C24H24N2O2S/c1-25(21-11-6-5-10-20(21)22-12-7-13-29-22)23(27)28-24-14-19(24)16-26(17-24)15-18-8-3-2-4-9-18/h2-13,19H,14-17H2,1H3. The lowest BCUT2D eigenvalue weighted by Crippen LogP contribution is -2.36. The van der Waals surface area contributed by atoms with Crippen molar-refractivity contribution in [1.29, 1.82) is 0 Å². The summed E-state index contributed by atoms with van der Waals surface area (Å²) < 4.78 is 6.08. The Morgan fingerprint density at radius 2 is 1.93 bits per heavy atom. The van der Waals surface area contributed by atoms with Crippen LogP contribution < -0.4 is 4.90 Å². The maximum Gasteiger partial charge on any atom is 0.414 e. The summed E-state index contributed by atoms with van der Waals surface area (Å²) in [6.07, 6.45) is 0.711. The highest BCUT2D eigenvalue weighted by Gasteiger charge is 2.63. The van der Waals surface area contributed by atoms with E-state index in [1.165, 1.54) is 5.56 Å². The number of likely N-dealkylation sites (tertiary alicyclic amines) is 1. The van der Waals surface area contributed by atoms with Crippen LogP contribution in [0, 0.1) is 5.92 Å². The van der Waals surface area contributed by atoms with E-state index in [1.807, 2.05) is 30.3 Å². The van der Waals surface area contributed by atoms with Gasteiger partial charge in [0.15, 0.2) is 0 Å². The first-order chi connectivity index (χ1) is 14.1. The number of carbonyl (C=O) groups is 1. The van der Waals surface area contributed by atoms with Crippen LogP contribution in [0.2, 0.25) is 0 Å². The largest absolute Gasteiger partial charge is 0.441 e. The number of para-hydroxylation sites is 1. The lowest BCUT2D eigenvalue weighted by atomic mass is 10.1. The number of ether oxygens (including phenoxy) is 1. The Balaban J connectivity index is 1.27. The number of fused-ring (bicyclic) bond motifs is 1. The Kier molecular flexibility index (Phi) is 4.64. The molecule has 1 aliphatic heterocycles. The van der Waals surface area contributed by atoms with Crippen LogP contribution in [-0.4, -0.2) is 36.7 Å². The second kappa shape index (κ2) is 7.32. The maximum absolute atomic E-state index is 13.0. The first kappa shape index (κ1) is 18.4. The highest BCUT2D eigenvalue weighted by atomic mass is 32.1. The lowest BCUT2D eigenvalue weighted by Gasteiger charge is -2.25. The second-order valence-electron chi connectivity index (χ2n) is 8.04. The molecule has 0 N–H and O–H groups in total. The summed E-state index contributed by atoms with van der Waals surface area (Å²) in [6, 6.07) is 22.6. The summed E-state index contributed by atoms with van der Waals surface area (Å²) in [5.74, 6) is 0.455. The van der Waals surface area contributed by atoms with Crippen molar-refractivity contribution in [2.24, 2.45) is 5.92 Å². The van der Waals surface area contributed by atoms with Gasteiger partial charge < -0.3 is 4.74 Å². The van der Waals surface area contributed by atoms with Crippen molar-refractivity contribution in [3.05, 3.63) is 77.7 Å². The molecular weight excluding hydrogens is 380 g/mol. The van der Waals surface area contributed by atoms with Crippen molar-refractivity contribution in [2.75, 3.05) is 25.0 Å². The van der Waals surface area contributed by atoms with Crippen LogP contribution in [0.15, 0.2) is 72.1 Å². The molecule has 2 fully saturated rings. The van der Waals surface area contributed by atoms with Crippen LogP contribution in [0.1, 0.15) is 12.0 Å². The molecule has 5 rings (SSSR count). The van der Waals surface area contributed by atoms with Gasteiger partial charge in [0.1, 0.15) is 5.60 Å². The number of piperidine rings is 1. The van der Waals surface area contributed by atoms with Crippen molar-refractivity contribution in [1.82, 2.24) is 4.90 Å². The molecule has 1 aliphatic carbocycles. The summed E-state index contributed by atoms with van der Waals surface area (Å²) >= 11 is 1.68. The smallest absolute Gasteiger partial charge is 0.414 e. The molecule has 4 nitrogen and oxygen atoms in total. The van der Waals surface area contributed by atoms with Crippen LogP contribution >= 0.6 is 11.3 Å². The fourth-order valence-electron chi connectivity index (χ4n) is 4.40. The summed E-state index contributed by atoms with van der Waals surface area (Å²) in [6.45, 7) is 2.73. The Morgan fingerprint density at radius 1 is 1.14 bits per heavy atom. The van der Waals surface area contributed by atoms with Gasteiger partial charge in [0.25, 0.3) is 0 Å². The minimum absolute atomic E-state index is 0.266. The van der Waals surface area contributed by atoms with Crippen LogP contribution in [0.25, 0.3) is 10.4 Å². The van der Waals surface area contributed by atoms with E-state index >= 15 is 0 Å². The summed E-state index contributed by atoms with van der Waals surface area (Å²) in [5, 5.41) is 2.05. The molecule has 29 heavy (non-hydrogen) atoms. The van der Waals surface area contributed by atoms with Gasteiger partial charge in [-0.3, -0.25) is 9.80 Å². The normalized spacial score (nSPS) is 22.9. The van der Waals surface area contributed by atoms with E-state index in [0.717, 1.165) is 42.2 Å². The molecular formula is C24H24N2O2S. The highest BCUT2D eigenvalue weighted by molar-refractivity contribution is 7.13. The molecule has 0 bridgehead atoms. The number of nitrogens with zero attached hydrogens (tertiary/aromatic N) is 2. The molecule has 5 heteroatoms. The number of hydrogen-bond acceptors (Lipinski definition) is 4. The first-order valence-electron chi connectivity index (χ1n) is 10.0. The molecule has 148 valence electrons. The third-order valence-electron chi connectivity index (χ3n) is 6.01. The number of benzene rings is 2. The van der Waals surface area contributed by atoms with Crippen molar-refractivity contribution in [3.8, 4) is 10.4 Å². The highest BCUT2D eigenvalue weighted by Crippen LogP contribution is 2.53. The Labute approximate surface area is 175 Å². The molecule has 1 saturated heterocycles. The quantitative estimate of drug-likeness (QED) is 0.581. The van der Waals surface area contributed by atoms with E-state index in [4.69, 9.17) is 4.74 Å². The monoisotopic (exact) mass is 404 g/mol. The summed E-state index contributed by atoms with van der Waals surface area (Å²) in [7, 11) is 1.81. The van der Waals surface area contributed by atoms with Gasteiger partial charge in [-0.25, -0.2) is 4.79 Å². The molecule has 3 aromatic rings. The number of carbonyl (C=O) groups excluding carboxylic acids is 1. The van der Waals surface area contributed by atoms with Gasteiger partial charge in [0, 0.05) is 43.0 Å². The SMILES string of the molecule is CN(C(=O)OC12CC1CN(Cc1ccccc1)C2)c1ccccc1-c1cccs1. The van der Waals surface area contributed by atoms with Crippen molar-refractivity contribution in [2.45, 2.75) is 18.6 Å². The zero-order valence-corrected chi connectivity index (χ0v) is 17.3. The molecule has 2 atom stereocenters. The molecule has 2 unspecified atom stereocenters. The fourth-order valence-corrected chi connectivity index (χ4v) is 5.16. The topological polar surface area (TPSA) is 32.8 Å². The van der Waals surface area contributed by atoms with Gasteiger partial charge >= 0.3 is 6.09 Å². The van der Waals surface area contributed by atoms with Crippen LogP contribution in [-0.2, 0) is 11.3 Å². The number of amides is 1. The van der Waals surface area contributed by atoms with E-state index in [9.17, 15) is 4.79 Å². The average Bonchev–Trinajstić information content (AvgIpc) is 3.10. The Hall–Kier alpha value is -2.63. The van der Waals surface area contributed by atoms with Gasteiger partial charge in [0.05, 0.1) is 5.69 Å². The molecule has 1 aromatic heterocycles. The summed E-state index contributed by atoms with van der Waals surface area (Å²) in [5.41, 5.74) is 2.94. The van der Waals surface area contributed by atoms with Crippen LogP contribution in [0.3, 0.4) is 0 Å². The van der Waals surface area contributed by atoms with Gasteiger partial charge in [0.2, 0.25) is 0 Å². The van der Waals surface area contributed by atoms with Crippen molar-refractivity contribution in [3.63, 3.8) is 0 Å². The second-order valence-corrected chi connectivity index (χ2v) is 8.99. The van der Waals surface area contributed by atoms with Gasteiger partial charge in [-0.15, -0.1) is 11.3 Å². The number of anilines is 1. The maximum atomic E-state index is 13.0. The predicted octanol–water partition coefficient (Wildman–Crippen LogP) is 5.26. The van der Waals surface area contributed by atoms with Gasteiger partial charge in [-0.2, -0.15) is 0 Å². The first-order valence-corrected chi connectivity index (χ1v) is 10.9. The van der Waals surface area contributed by atoms with Gasteiger partial charge in [-0.1, -0.05) is 54.6 Å². The molecule has 2 aliphatic rings. The molecule has 0 radical (unpaired) electrons. The van der Waals surface area contributed by atoms with E-state index in [-0.39, 0.29) is 11.7 Å². The molecule has 1 amide bonds. The van der Waals surface area contributed by atoms with Crippen molar-refractivity contribution >= 4 is 23.1 Å². The van der Waals surface area contributed by atoms with Crippen LogP contribution in [0.5, 0.6) is 0 Å². The van der Waals surface area contributed by atoms with E-state index in [0.29, 0.717) is 5.92 Å². The Morgan fingerprint density at radius 3 is 2.72 bits per heavy atom. The minimum atomic E-state index is -0.308.